The minimum absolute atomic E-state index is 0.00791. The van der Waals surface area contributed by atoms with Gasteiger partial charge in [0, 0.05) is 50.4 Å². The van der Waals surface area contributed by atoms with Gasteiger partial charge in [0.2, 0.25) is 5.79 Å². The van der Waals surface area contributed by atoms with Crippen LogP contribution in [0.5, 0.6) is 0 Å². The molecule has 2 saturated heterocycles. The highest BCUT2D eigenvalue weighted by atomic mass is 16.7. The van der Waals surface area contributed by atoms with E-state index in [4.69, 9.17) is 14.2 Å². The fourth-order valence-corrected chi connectivity index (χ4v) is 9.65. The maximum absolute atomic E-state index is 14.2. The van der Waals surface area contributed by atoms with Gasteiger partial charge in [-0.2, -0.15) is 0 Å². The Kier molecular flexibility index (Phi) is 17.2. The van der Waals surface area contributed by atoms with Gasteiger partial charge in [-0.3, -0.25) is 14.4 Å². The van der Waals surface area contributed by atoms with E-state index in [1.165, 1.54) is 12.0 Å². The number of ketones is 2. The molecule has 0 aromatic carbocycles. The van der Waals surface area contributed by atoms with Crippen LogP contribution in [-0.2, 0) is 33.4 Å². The highest BCUT2D eigenvalue weighted by Gasteiger charge is 2.56. The molecule has 0 aromatic heterocycles. The third-order valence-corrected chi connectivity index (χ3v) is 13.0. The molecule has 1 aliphatic carbocycles. The monoisotopic (exact) mass is 787 g/mol. The number of aldehydes is 1. The summed E-state index contributed by atoms with van der Waals surface area (Å²) in [7, 11) is 1.50. The summed E-state index contributed by atoms with van der Waals surface area (Å²) in [5.41, 5.74) is 1.39. The molecule has 12 heteroatoms. The number of nitrogens with zero attached hydrogens (tertiary/aromatic N) is 1. The van der Waals surface area contributed by atoms with Crippen LogP contribution in [0.2, 0.25) is 0 Å². The van der Waals surface area contributed by atoms with Crippen molar-refractivity contribution in [1.82, 2.24) is 4.90 Å². The normalized spacial score (nSPS) is 41.5. The number of hydrogen-bond donors (Lipinski definition) is 4. The van der Waals surface area contributed by atoms with Gasteiger partial charge in [0.25, 0.3) is 11.7 Å². The van der Waals surface area contributed by atoms with Crippen LogP contribution in [0.15, 0.2) is 36.0 Å². The second-order valence-electron chi connectivity index (χ2n) is 17.5. The number of allylic oxidation sites excluding steroid dienone is 4. The van der Waals surface area contributed by atoms with Crippen LogP contribution in [0.4, 0.5) is 0 Å². The van der Waals surface area contributed by atoms with E-state index in [-0.39, 0.29) is 62.1 Å². The molecule has 0 radical (unpaired) electrons. The molecule has 3 heterocycles. The van der Waals surface area contributed by atoms with Gasteiger partial charge < -0.3 is 44.3 Å². The Balaban J connectivity index is 1.74. The number of methoxy groups -OCH3 is 1. The molecule has 0 aromatic rings. The van der Waals surface area contributed by atoms with Crippen LogP contribution < -0.4 is 0 Å². The summed E-state index contributed by atoms with van der Waals surface area (Å²) in [6.45, 7) is 13.5. The fraction of sp³-hybridized carbons (Fsp3) is 0.773. The van der Waals surface area contributed by atoms with E-state index in [0.29, 0.717) is 50.5 Å². The molecule has 1 amide bonds. The number of fused-ring (bicyclic) bond motifs is 3. The Morgan fingerprint density at radius 1 is 1.04 bits per heavy atom. The minimum atomic E-state index is -2.47. The molecule has 2 bridgehead atoms. The lowest BCUT2D eigenvalue weighted by molar-refractivity contribution is -0.287. The minimum Gasteiger partial charge on any atom is -0.396 e. The first-order valence-corrected chi connectivity index (χ1v) is 20.9. The summed E-state index contributed by atoms with van der Waals surface area (Å²) in [5, 5.41) is 43.9. The molecular weight excluding hydrogens is 718 g/mol. The Labute approximate surface area is 333 Å². The number of carbonyl (C=O) groups is 4. The number of hydrogen-bond acceptors (Lipinski definition) is 11. The summed E-state index contributed by atoms with van der Waals surface area (Å²) in [4.78, 5) is 56.0. The molecular formula is C44H69NO11. The van der Waals surface area contributed by atoms with Crippen molar-refractivity contribution in [3.8, 4) is 0 Å². The van der Waals surface area contributed by atoms with Gasteiger partial charge in [0.05, 0.1) is 43.2 Å². The molecule has 4 aliphatic rings. The summed E-state index contributed by atoms with van der Waals surface area (Å²) in [5.74, 6) is -6.91. The largest absolute Gasteiger partial charge is 0.396 e. The zero-order chi connectivity index (χ0) is 41.3. The van der Waals surface area contributed by atoms with E-state index in [1.54, 1.807) is 13.0 Å². The molecule has 316 valence electrons. The van der Waals surface area contributed by atoms with Crippen molar-refractivity contribution in [2.45, 2.75) is 148 Å². The van der Waals surface area contributed by atoms with E-state index in [0.717, 1.165) is 24.7 Å². The number of aliphatic hydroxyl groups excluding tert-OH is 3. The maximum Gasteiger partial charge on any atom is 0.296 e. The topological polar surface area (TPSA) is 180 Å². The second kappa shape index (κ2) is 20.9. The highest BCUT2D eigenvalue weighted by molar-refractivity contribution is 6.38. The summed E-state index contributed by atoms with van der Waals surface area (Å²) in [6.07, 6.45) is 7.79. The van der Waals surface area contributed by atoms with Crippen LogP contribution >= 0.6 is 0 Å². The Morgan fingerprint density at radius 3 is 2.43 bits per heavy atom. The standard InChI is InChI=1S/C44H69NO11/c1-8-11-32-17-26(2)16-27(3)18-39(54-7)41-34(24-47)20-29(5)44(53,56-41)42(51)43(52)45-15-10-9-12-35(45)25-55-40(30(6)37(49)22-38(32)50)28(4)19-31-13-14-36(48)33(21-31)23-46/h8,17,19,24,26-27,29-31,33-37,39-41,46,48-49,53H,1,9-16,18,20-23,25H2,2-7H3/b28-19?,32-17+/t26?,27-,29+,30+,31-,33-,34+,35-,36+,37-,39-,40+,41-,44+/m0/s1. The lowest BCUT2D eigenvalue weighted by atomic mass is 9.78. The molecule has 4 rings (SSSR count). The maximum atomic E-state index is 14.2. The highest BCUT2D eigenvalue weighted by Crippen LogP contribution is 2.40. The third-order valence-electron chi connectivity index (χ3n) is 13.0. The second-order valence-corrected chi connectivity index (χ2v) is 17.5. The lowest BCUT2D eigenvalue weighted by Crippen LogP contribution is -2.63. The van der Waals surface area contributed by atoms with Gasteiger partial charge >= 0.3 is 0 Å². The molecule has 3 fully saturated rings. The average molecular weight is 788 g/mol. The number of amides is 1. The molecule has 14 atom stereocenters. The molecule has 1 saturated carbocycles. The Hall–Kier alpha value is -2.58. The number of ether oxygens (including phenoxy) is 3. The van der Waals surface area contributed by atoms with Crippen LogP contribution in [0.3, 0.4) is 0 Å². The summed E-state index contributed by atoms with van der Waals surface area (Å²) >= 11 is 0. The predicted molar refractivity (Wildman–Crippen MR) is 211 cm³/mol. The number of piperidine rings is 1. The molecule has 12 nitrogen and oxygen atoms in total. The lowest BCUT2D eigenvalue weighted by Gasteiger charge is -2.46. The van der Waals surface area contributed by atoms with E-state index in [1.807, 2.05) is 33.8 Å². The van der Waals surface area contributed by atoms with Crippen molar-refractivity contribution >= 4 is 23.8 Å². The smallest absolute Gasteiger partial charge is 0.296 e. The zero-order valence-electron chi connectivity index (χ0n) is 34.5. The van der Waals surface area contributed by atoms with Gasteiger partial charge in [-0.1, -0.05) is 45.9 Å². The predicted octanol–water partition coefficient (Wildman–Crippen LogP) is 4.51. The van der Waals surface area contributed by atoms with Crippen LogP contribution in [0, 0.1) is 41.4 Å². The van der Waals surface area contributed by atoms with Crippen LogP contribution in [-0.4, -0.2) is 118 Å². The van der Waals surface area contributed by atoms with Gasteiger partial charge in [-0.15, -0.1) is 6.58 Å². The van der Waals surface area contributed by atoms with E-state index >= 15 is 0 Å². The van der Waals surface area contributed by atoms with E-state index in [9.17, 15) is 39.6 Å². The van der Waals surface area contributed by atoms with Gasteiger partial charge in [0.1, 0.15) is 6.29 Å². The first-order valence-electron chi connectivity index (χ1n) is 20.9. The molecule has 0 spiro atoms. The SMILES string of the molecule is C=CC/C1=C\C(C)C[C@H](C)C[C@H](OC)[C@H]2O[C@@](O)(C(=O)C(=O)N3CCCC[C@H]3CO[C@H](C(C)=C[C@@H]3CC[C@@H](O)[C@H](CO)C3)[C@H](C)[C@@H](O)CC1=O)[C@H](C)C[C@@H]2C=O. The molecule has 3 aliphatic heterocycles. The van der Waals surface area contributed by atoms with Crippen molar-refractivity contribution in [2.75, 3.05) is 26.9 Å². The van der Waals surface area contributed by atoms with Crippen LogP contribution in [0.25, 0.3) is 0 Å². The number of Topliss-reactive ketones (excluding diaryl/α,β-unsaturated/α-hetero) is 2. The first-order chi connectivity index (χ1) is 26.6. The number of rotatable bonds is 7. The molecule has 56 heavy (non-hydrogen) atoms. The van der Waals surface area contributed by atoms with Crippen molar-refractivity contribution in [3.63, 3.8) is 0 Å². The Bertz CT molecular complexity index is 1430. The van der Waals surface area contributed by atoms with Crippen molar-refractivity contribution in [2.24, 2.45) is 41.4 Å². The fourth-order valence-electron chi connectivity index (χ4n) is 9.65. The first kappa shape index (κ1) is 46.1. The van der Waals surface area contributed by atoms with Gasteiger partial charge in [-0.05, 0) is 100 Å². The average Bonchev–Trinajstić information content (AvgIpc) is 3.17. The quantitative estimate of drug-likeness (QED) is 0.162. The van der Waals surface area contributed by atoms with Crippen molar-refractivity contribution in [3.05, 3.63) is 36.0 Å². The van der Waals surface area contributed by atoms with Gasteiger partial charge in [0.15, 0.2) is 5.78 Å². The van der Waals surface area contributed by atoms with Crippen molar-refractivity contribution in [1.29, 1.82) is 0 Å². The number of carbonyl (C=O) groups excluding carboxylic acids is 4. The van der Waals surface area contributed by atoms with Crippen molar-refractivity contribution < 1.29 is 53.8 Å². The van der Waals surface area contributed by atoms with E-state index in [2.05, 4.69) is 12.7 Å². The number of aliphatic hydroxyl groups is 4. The third kappa shape index (κ3) is 11.1. The molecule has 4 N–H and O–H groups in total. The summed E-state index contributed by atoms with van der Waals surface area (Å²) in [6, 6.07) is -0.517. The Morgan fingerprint density at radius 2 is 1.77 bits per heavy atom. The van der Waals surface area contributed by atoms with Crippen LogP contribution in [0.1, 0.15) is 105 Å². The van der Waals surface area contributed by atoms with Gasteiger partial charge in [-0.25, -0.2) is 0 Å². The van der Waals surface area contributed by atoms with E-state index < -0.39 is 71.8 Å². The zero-order valence-corrected chi connectivity index (χ0v) is 34.5. The molecule has 1 unspecified atom stereocenters. The summed E-state index contributed by atoms with van der Waals surface area (Å²) < 4.78 is 18.7.